The molecule has 0 saturated carbocycles. The van der Waals surface area contributed by atoms with E-state index in [1.54, 1.807) is 12.1 Å². The van der Waals surface area contributed by atoms with Gasteiger partial charge in [-0.2, -0.15) is 0 Å². The fraction of sp³-hybridized carbons (Fsp3) is 0.481. The van der Waals surface area contributed by atoms with Gasteiger partial charge in [0, 0.05) is 16.7 Å². The number of ether oxygens (including phenoxy) is 5. The molecule has 5 rings (SSSR count). The van der Waals surface area contributed by atoms with E-state index in [1.165, 1.54) is 25.3 Å². The van der Waals surface area contributed by atoms with Gasteiger partial charge in [-0.3, -0.25) is 9.59 Å². The monoisotopic (exact) mass is 578 g/mol. The van der Waals surface area contributed by atoms with Crippen LogP contribution in [0.25, 0.3) is 0 Å². The predicted molar refractivity (Wildman–Crippen MR) is 133 cm³/mol. The highest BCUT2D eigenvalue weighted by atomic mass is 16.7. The molecule has 0 unspecified atom stereocenters. The Balaban J connectivity index is 1.42. The van der Waals surface area contributed by atoms with E-state index in [-0.39, 0.29) is 45.9 Å². The zero-order valence-corrected chi connectivity index (χ0v) is 21.7. The number of hydrogen-bond acceptors (Lipinski definition) is 14. The Morgan fingerprint density at radius 1 is 0.854 bits per heavy atom. The second-order valence-electron chi connectivity index (χ2n) is 9.89. The summed E-state index contributed by atoms with van der Waals surface area (Å²) in [4.78, 5) is 26.6. The van der Waals surface area contributed by atoms with E-state index < -0.39 is 80.1 Å². The van der Waals surface area contributed by atoms with Crippen LogP contribution in [-0.4, -0.2) is 123 Å². The number of carbonyl (C=O) groups is 2. The topological polar surface area (TPSA) is 222 Å². The van der Waals surface area contributed by atoms with Gasteiger partial charge < -0.3 is 59.4 Å². The van der Waals surface area contributed by atoms with Crippen LogP contribution in [0.5, 0.6) is 11.5 Å². The maximum absolute atomic E-state index is 13.3. The van der Waals surface area contributed by atoms with Crippen molar-refractivity contribution in [2.24, 2.45) is 0 Å². The lowest BCUT2D eigenvalue weighted by molar-refractivity contribution is -0.307. The third kappa shape index (κ3) is 5.12. The molecular formula is C27H30O14. The van der Waals surface area contributed by atoms with Crippen LogP contribution in [0.2, 0.25) is 0 Å². The summed E-state index contributed by atoms with van der Waals surface area (Å²) in [6.45, 7) is -1.56. The molecule has 41 heavy (non-hydrogen) atoms. The predicted octanol–water partition coefficient (Wildman–Crippen LogP) is -2.40. The molecule has 14 nitrogen and oxygen atoms in total. The number of rotatable bonds is 7. The molecular weight excluding hydrogens is 548 g/mol. The number of fused-ring (bicyclic) bond motifs is 2. The number of carbonyl (C=O) groups excluding carboxylic acids is 2. The molecule has 2 saturated heterocycles. The van der Waals surface area contributed by atoms with Crippen molar-refractivity contribution in [3.05, 3.63) is 58.1 Å². The van der Waals surface area contributed by atoms with Crippen LogP contribution in [-0.2, 0) is 20.8 Å². The largest absolute Gasteiger partial charge is 0.495 e. The SMILES string of the molecule is COc1c(CO)c(O[C@@H]2O[C@H](CO[C@@H]3OC[C@@H](O)[C@H](O)[C@H]3O)[C@@H](O)[C@H](O)[C@H]2O)cc2c1C(=O)c1ccccc1C2=O. The van der Waals surface area contributed by atoms with E-state index in [9.17, 15) is 45.3 Å². The summed E-state index contributed by atoms with van der Waals surface area (Å²) in [6, 6.07) is 7.42. The summed E-state index contributed by atoms with van der Waals surface area (Å²) in [6.07, 6.45) is -14.3. The van der Waals surface area contributed by atoms with Crippen LogP contribution >= 0.6 is 0 Å². The van der Waals surface area contributed by atoms with Gasteiger partial charge >= 0.3 is 0 Å². The van der Waals surface area contributed by atoms with Crippen molar-refractivity contribution in [1.29, 1.82) is 0 Å². The maximum atomic E-state index is 13.3. The van der Waals surface area contributed by atoms with Gasteiger partial charge in [0.1, 0.15) is 54.2 Å². The minimum Gasteiger partial charge on any atom is -0.495 e. The average molecular weight is 579 g/mol. The molecule has 222 valence electrons. The summed E-state index contributed by atoms with van der Waals surface area (Å²) in [5, 5.41) is 71.3. The van der Waals surface area contributed by atoms with Gasteiger partial charge in [0.25, 0.3) is 0 Å². The minimum absolute atomic E-state index is 0.0396. The van der Waals surface area contributed by atoms with Crippen LogP contribution in [0.3, 0.4) is 0 Å². The van der Waals surface area contributed by atoms with Gasteiger partial charge in [-0.1, -0.05) is 24.3 Å². The number of hydrogen-bond donors (Lipinski definition) is 7. The highest BCUT2D eigenvalue weighted by Gasteiger charge is 2.47. The summed E-state index contributed by atoms with van der Waals surface area (Å²) < 4.78 is 27.4. The Morgan fingerprint density at radius 3 is 2.17 bits per heavy atom. The quantitative estimate of drug-likeness (QED) is 0.155. The van der Waals surface area contributed by atoms with Gasteiger partial charge in [-0.25, -0.2) is 0 Å². The van der Waals surface area contributed by atoms with Gasteiger partial charge in [-0.15, -0.1) is 0 Å². The zero-order chi connectivity index (χ0) is 29.6. The first-order chi connectivity index (χ1) is 19.6. The van der Waals surface area contributed by atoms with E-state index in [4.69, 9.17) is 23.7 Å². The van der Waals surface area contributed by atoms with Crippen molar-refractivity contribution in [3.63, 3.8) is 0 Å². The zero-order valence-electron chi connectivity index (χ0n) is 21.7. The molecule has 1 aliphatic carbocycles. The molecule has 0 aromatic heterocycles. The molecule has 7 N–H and O–H groups in total. The fourth-order valence-electron chi connectivity index (χ4n) is 5.11. The number of ketones is 2. The first kappa shape index (κ1) is 29.5. The smallest absolute Gasteiger partial charge is 0.229 e. The molecule has 3 aliphatic rings. The van der Waals surface area contributed by atoms with Crippen molar-refractivity contribution in [3.8, 4) is 11.5 Å². The lowest BCUT2D eigenvalue weighted by Gasteiger charge is -2.41. The second kappa shape index (κ2) is 11.7. The Kier molecular flexibility index (Phi) is 8.41. The molecule has 14 heteroatoms. The van der Waals surface area contributed by atoms with Crippen LogP contribution in [0.4, 0.5) is 0 Å². The first-order valence-electron chi connectivity index (χ1n) is 12.8. The molecule has 2 aromatic carbocycles. The van der Waals surface area contributed by atoms with E-state index in [0.29, 0.717) is 0 Å². The van der Waals surface area contributed by atoms with Gasteiger partial charge in [0.2, 0.25) is 6.29 Å². The van der Waals surface area contributed by atoms with Crippen LogP contribution in [0.1, 0.15) is 37.4 Å². The molecule has 2 fully saturated rings. The summed E-state index contributed by atoms with van der Waals surface area (Å²) in [5.74, 6) is -1.32. The Bertz CT molecular complexity index is 1310. The van der Waals surface area contributed by atoms with E-state index >= 15 is 0 Å². The van der Waals surface area contributed by atoms with E-state index in [1.807, 2.05) is 0 Å². The molecule has 0 radical (unpaired) electrons. The molecule has 2 aromatic rings. The standard InChI is InChI=1S/C27H30O14/c1-37-25-13(7-28)15(6-12-17(25)19(31)11-5-3-2-4-10(11)18(12)30)40-27-24(36)22(34)21(33)16(41-27)9-39-26-23(35)20(32)14(29)8-38-26/h2-6,14,16,20-24,26-29,32-36H,7-9H2,1H3/t14-,16-,20+,21-,22+,23-,24-,26+,27-/m1/s1. The van der Waals surface area contributed by atoms with Crippen molar-refractivity contribution >= 4 is 11.6 Å². The van der Waals surface area contributed by atoms with Crippen molar-refractivity contribution in [2.45, 2.75) is 61.9 Å². The van der Waals surface area contributed by atoms with Gasteiger partial charge in [-0.05, 0) is 6.07 Å². The van der Waals surface area contributed by atoms with Crippen LogP contribution < -0.4 is 9.47 Å². The molecule has 0 amide bonds. The van der Waals surface area contributed by atoms with Crippen molar-refractivity contribution < 1.29 is 69.0 Å². The lowest BCUT2D eigenvalue weighted by Crippen LogP contribution is -2.61. The average Bonchev–Trinajstić information content (AvgIpc) is 2.98. The molecule has 9 atom stereocenters. The molecule has 0 spiro atoms. The second-order valence-corrected chi connectivity index (χ2v) is 9.89. The lowest BCUT2D eigenvalue weighted by atomic mass is 9.82. The minimum atomic E-state index is -1.82. The van der Waals surface area contributed by atoms with Gasteiger partial charge in [0.15, 0.2) is 17.9 Å². The Morgan fingerprint density at radius 2 is 1.51 bits per heavy atom. The highest BCUT2D eigenvalue weighted by molar-refractivity contribution is 6.29. The Hall–Kier alpha value is -3.02. The van der Waals surface area contributed by atoms with Crippen LogP contribution in [0.15, 0.2) is 30.3 Å². The first-order valence-corrected chi connectivity index (χ1v) is 12.8. The van der Waals surface area contributed by atoms with Crippen molar-refractivity contribution in [2.75, 3.05) is 20.3 Å². The van der Waals surface area contributed by atoms with Gasteiger partial charge in [0.05, 0.1) is 38.1 Å². The normalized spacial score (nSPS) is 33.2. The summed E-state index contributed by atoms with van der Waals surface area (Å²) in [5.41, 5.74) is 0.137. The summed E-state index contributed by atoms with van der Waals surface area (Å²) in [7, 11) is 1.24. The fourth-order valence-corrected chi connectivity index (χ4v) is 5.11. The molecule has 2 heterocycles. The van der Waals surface area contributed by atoms with Crippen molar-refractivity contribution in [1.82, 2.24) is 0 Å². The number of aliphatic hydroxyl groups excluding tert-OH is 7. The highest BCUT2D eigenvalue weighted by Crippen LogP contribution is 2.41. The third-order valence-corrected chi connectivity index (χ3v) is 7.38. The summed E-state index contributed by atoms with van der Waals surface area (Å²) >= 11 is 0. The maximum Gasteiger partial charge on any atom is 0.229 e. The van der Waals surface area contributed by atoms with Crippen LogP contribution in [0, 0.1) is 0 Å². The molecule has 2 aliphatic heterocycles. The molecule has 0 bridgehead atoms. The Labute approximate surface area is 232 Å². The van der Waals surface area contributed by atoms with E-state index in [0.717, 1.165) is 0 Å². The number of aliphatic hydroxyl groups is 7. The number of benzene rings is 2. The number of methoxy groups -OCH3 is 1. The third-order valence-electron chi connectivity index (χ3n) is 7.38. The van der Waals surface area contributed by atoms with E-state index in [2.05, 4.69) is 0 Å².